The molecular weight excluding hydrogens is 230 g/mol. The second-order valence-corrected chi connectivity index (χ2v) is 3.40. The van der Waals surface area contributed by atoms with E-state index in [0.29, 0.717) is 11.1 Å². The third kappa shape index (κ3) is 4.49. The van der Waals surface area contributed by atoms with E-state index in [0.717, 1.165) is 0 Å². The first-order chi connectivity index (χ1) is 8.61. The van der Waals surface area contributed by atoms with E-state index in [1.165, 1.54) is 0 Å². The molecule has 0 atom stereocenters. The van der Waals surface area contributed by atoms with Gasteiger partial charge in [0.1, 0.15) is 0 Å². The van der Waals surface area contributed by atoms with Crippen molar-refractivity contribution < 1.29 is 14.7 Å². The summed E-state index contributed by atoms with van der Waals surface area (Å²) in [6.07, 6.45) is 0. The topological polar surface area (TPSA) is 80.4 Å². The number of amides is 1. The largest absolute Gasteiger partial charge is 0.478 e. The zero-order chi connectivity index (χ0) is 13.4. The van der Waals surface area contributed by atoms with Crippen LogP contribution in [-0.2, 0) is 0 Å². The number of rotatable bonds is 2. The van der Waals surface area contributed by atoms with Crippen molar-refractivity contribution in [3.63, 3.8) is 0 Å². The molecule has 0 aliphatic carbocycles. The van der Waals surface area contributed by atoms with Crippen LogP contribution in [0.5, 0.6) is 0 Å². The Bertz CT molecular complexity index is 460. The van der Waals surface area contributed by atoms with Gasteiger partial charge in [-0.25, -0.2) is 4.79 Å². The van der Waals surface area contributed by atoms with Crippen molar-refractivity contribution in [3.05, 3.63) is 71.8 Å². The molecule has 0 saturated carbocycles. The van der Waals surface area contributed by atoms with Crippen molar-refractivity contribution in [2.24, 2.45) is 5.73 Å². The lowest BCUT2D eigenvalue weighted by Crippen LogP contribution is -2.09. The van der Waals surface area contributed by atoms with E-state index < -0.39 is 5.97 Å². The number of benzene rings is 2. The minimum absolute atomic E-state index is 0.331. The third-order valence-electron chi connectivity index (χ3n) is 2.08. The Morgan fingerprint density at radius 1 is 0.778 bits per heavy atom. The highest BCUT2D eigenvalue weighted by Gasteiger charge is 1.96. The number of primary amides is 1. The summed E-state index contributed by atoms with van der Waals surface area (Å²) in [5.74, 6) is -1.26. The Balaban J connectivity index is 0.000000180. The van der Waals surface area contributed by atoms with Gasteiger partial charge in [0.05, 0.1) is 5.56 Å². The van der Waals surface area contributed by atoms with Gasteiger partial charge in [-0.2, -0.15) is 0 Å². The fourth-order valence-corrected chi connectivity index (χ4v) is 1.18. The highest BCUT2D eigenvalue weighted by molar-refractivity contribution is 5.92. The van der Waals surface area contributed by atoms with Gasteiger partial charge in [-0.1, -0.05) is 36.4 Å². The van der Waals surface area contributed by atoms with E-state index >= 15 is 0 Å². The minimum Gasteiger partial charge on any atom is -0.478 e. The Kier molecular flexibility index (Phi) is 5.12. The molecule has 3 N–H and O–H groups in total. The van der Waals surface area contributed by atoms with E-state index in [1.807, 2.05) is 6.07 Å². The minimum atomic E-state index is -0.879. The molecule has 0 fully saturated rings. The smallest absolute Gasteiger partial charge is 0.335 e. The van der Waals surface area contributed by atoms with Gasteiger partial charge >= 0.3 is 5.97 Å². The Morgan fingerprint density at radius 3 is 1.39 bits per heavy atom. The Labute approximate surface area is 105 Å². The zero-order valence-corrected chi connectivity index (χ0v) is 9.61. The number of carbonyl (C=O) groups is 2. The average Bonchev–Trinajstić information content (AvgIpc) is 2.41. The van der Waals surface area contributed by atoms with Crippen LogP contribution in [0.1, 0.15) is 20.7 Å². The Hall–Kier alpha value is -2.62. The molecule has 0 bridgehead atoms. The molecule has 2 rings (SSSR count). The van der Waals surface area contributed by atoms with Crippen LogP contribution in [0, 0.1) is 0 Å². The van der Waals surface area contributed by atoms with E-state index in [4.69, 9.17) is 10.8 Å². The maximum absolute atomic E-state index is 10.4. The number of carboxylic acid groups (broad SMARTS) is 1. The summed E-state index contributed by atoms with van der Waals surface area (Å²) < 4.78 is 0. The molecule has 0 saturated heterocycles. The molecule has 0 radical (unpaired) electrons. The lowest BCUT2D eigenvalue weighted by molar-refractivity contribution is 0.0696. The molecule has 2 aromatic carbocycles. The third-order valence-corrected chi connectivity index (χ3v) is 2.08. The molecule has 0 aliphatic rings. The molecule has 0 spiro atoms. The standard InChI is InChI=1S/C7H7NO.C7H6O2/c2*8-7(9)6-4-2-1-3-5-6/h1-5H,(H2,8,9);1-5H,(H,8,9). The number of nitrogens with two attached hydrogens (primary N) is 1. The summed E-state index contributed by atoms with van der Waals surface area (Å²) in [5, 5.41) is 8.38. The van der Waals surface area contributed by atoms with E-state index in [-0.39, 0.29) is 5.91 Å². The second kappa shape index (κ2) is 6.85. The van der Waals surface area contributed by atoms with E-state index in [2.05, 4.69) is 0 Å². The summed E-state index contributed by atoms with van der Waals surface area (Å²) in [6, 6.07) is 17.1. The van der Waals surface area contributed by atoms with Crippen molar-refractivity contribution in [3.8, 4) is 0 Å². The summed E-state index contributed by atoms with van der Waals surface area (Å²) >= 11 is 0. The molecule has 4 nitrogen and oxygen atoms in total. The first-order valence-corrected chi connectivity index (χ1v) is 5.24. The monoisotopic (exact) mass is 243 g/mol. The number of hydrogen-bond donors (Lipinski definition) is 2. The molecule has 0 heterocycles. The molecule has 18 heavy (non-hydrogen) atoms. The van der Waals surface area contributed by atoms with Crippen molar-refractivity contribution >= 4 is 11.9 Å². The van der Waals surface area contributed by atoms with Crippen LogP contribution < -0.4 is 5.73 Å². The first-order valence-electron chi connectivity index (χ1n) is 5.24. The van der Waals surface area contributed by atoms with Gasteiger partial charge in [-0.05, 0) is 24.3 Å². The SMILES string of the molecule is NC(=O)c1ccccc1.O=C(O)c1ccccc1. The van der Waals surface area contributed by atoms with Crippen LogP contribution in [0.25, 0.3) is 0 Å². The molecule has 92 valence electrons. The van der Waals surface area contributed by atoms with Crippen molar-refractivity contribution in [1.82, 2.24) is 0 Å². The van der Waals surface area contributed by atoms with Crippen LogP contribution in [-0.4, -0.2) is 17.0 Å². The second-order valence-electron chi connectivity index (χ2n) is 3.40. The number of aromatic carboxylic acids is 1. The molecule has 0 unspecified atom stereocenters. The highest BCUT2D eigenvalue weighted by atomic mass is 16.4. The molecule has 0 aliphatic heterocycles. The lowest BCUT2D eigenvalue weighted by Gasteiger charge is -1.89. The summed E-state index contributed by atoms with van der Waals surface area (Å²) in [4.78, 5) is 20.6. The van der Waals surface area contributed by atoms with Crippen LogP contribution in [0.3, 0.4) is 0 Å². The van der Waals surface area contributed by atoms with Gasteiger partial charge in [-0.15, -0.1) is 0 Å². The fourth-order valence-electron chi connectivity index (χ4n) is 1.18. The van der Waals surface area contributed by atoms with Gasteiger partial charge in [0.25, 0.3) is 0 Å². The summed E-state index contributed by atoms with van der Waals surface area (Å²) in [6.45, 7) is 0. The molecule has 2 aromatic rings. The number of carbonyl (C=O) groups excluding carboxylic acids is 1. The number of carboxylic acids is 1. The maximum Gasteiger partial charge on any atom is 0.335 e. The van der Waals surface area contributed by atoms with Crippen molar-refractivity contribution in [2.45, 2.75) is 0 Å². The summed E-state index contributed by atoms with van der Waals surface area (Å²) in [5.41, 5.74) is 5.86. The van der Waals surface area contributed by atoms with Crippen LogP contribution in [0.2, 0.25) is 0 Å². The van der Waals surface area contributed by atoms with E-state index in [9.17, 15) is 9.59 Å². The van der Waals surface area contributed by atoms with Gasteiger partial charge in [0, 0.05) is 5.56 Å². The fraction of sp³-hybridized carbons (Fsp3) is 0. The van der Waals surface area contributed by atoms with Crippen LogP contribution in [0.4, 0.5) is 0 Å². The molecule has 1 amide bonds. The summed E-state index contributed by atoms with van der Waals surface area (Å²) in [7, 11) is 0. The van der Waals surface area contributed by atoms with Crippen molar-refractivity contribution in [2.75, 3.05) is 0 Å². The average molecular weight is 243 g/mol. The van der Waals surface area contributed by atoms with Crippen LogP contribution in [0.15, 0.2) is 60.7 Å². The maximum atomic E-state index is 10.4. The lowest BCUT2D eigenvalue weighted by atomic mass is 10.2. The quantitative estimate of drug-likeness (QED) is 0.848. The molecule has 0 aromatic heterocycles. The normalized spacial score (nSPS) is 8.89. The van der Waals surface area contributed by atoms with Gasteiger partial charge in [0.2, 0.25) is 5.91 Å². The van der Waals surface area contributed by atoms with E-state index in [1.54, 1.807) is 54.6 Å². The van der Waals surface area contributed by atoms with Crippen molar-refractivity contribution in [1.29, 1.82) is 0 Å². The van der Waals surface area contributed by atoms with Gasteiger partial charge < -0.3 is 10.8 Å². The van der Waals surface area contributed by atoms with Gasteiger partial charge in [-0.3, -0.25) is 4.79 Å². The highest BCUT2D eigenvalue weighted by Crippen LogP contribution is 1.96. The Morgan fingerprint density at radius 2 is 1.17 bits per heavy atom. The zero-order valence-electron chi connectivity index (χ0n) is 9.61. The van der Waals surface area contributed by atoms with Crippen LogP contribution >= 0.6 is 0 Å². The number of hydrogen-bond acceptors (Lipinski definition) is 2. The molecular formula is C14H13NO3. The molecule has 4 heteroatoms. The first kappa shape index (κ1) is 13.4. The van der Waals surface area contributed by atoms with Gasteiger partial charge in [0.15, 0.2) is 0 Å². The predicted molar refractivity (Wildman–Crippen MR) is 68.4 cm³/mol. The predicted octanol–water partition coefficient (Wildman–Crippen LogP) is 2.17.